The van der Waals surface area contributed by atoms with Crippen molar-refractivity contribution >= 4 is 11.9 Å². The van der Waals surface area contributed by atoms with E-state index in [1.165, 1.54) is 17.5 Å². The monoisotopic (exact) mass is 389 g/mol. The number of piperidine rings is 1. The molecule has 1 aliphatic carbocycles. The SMILES string of the molecule is CC1CC(N2CCN(C(=O)OC3CCN(c4ccc(=O)n(C)n4)CC3)CC2)C1. The number of carbonyl (C=O) groups is 1. The molecule has 154 valence electrons. The Hall–Kier alpha value is -2.09. The minimum atomic E-state index is -0.166. The van der Waals surface area contributed by atoms with Gasteiger partial charge in [-0.25, -0.2) is 9.48 Å². The van der Waals surface area contributed by atoms with Crippen molar-refractivity contribution < 1.29 is 9.53 Å². The van der Waals surface area contributed by atoms with Gasteiger partial charge >= 0.3 is 6.09 Å². The number of anilines is 1. The molecule has 8 heteroatoms. The van der Waals surface area contributed by atoms with Gasteiger partial charge in [0.05, 0.1) is 0 Å². The molecule has 28 heavy (non-hydrogen) atoms. The summed E-state index contributed by atoms with van der Waals surface area (Å²) in [6.07, 6.45) is 3.97. The number of hydrogen-bond donors (Lipinski definition) is 0. The highest BCUT2D eigenvalue weighted by molar-refractivity contribution is 5.68. The summed E-state index contributed by atoms with van der Waals surface area (Å²) in [6.45, 7) is 7.32. The first-order valence-electron chi connectivity index (χ1n) is 10.5. The quantitative estimate of drug-likeness (QED) is 0.776. The molecule has 0 spiro atoms. The second-order valence-electron chi connectivity index (χ2n) is 8.48. The summed E-state index contributed by atoms with van der Waals surface area (Å²) >= 11 is 0. The van der Waals surface area contributed by atoms with Crippen molar-refractivity contribution in [2.75, 3.05) is 44.2 Å². The Labute approximate surface area is 166 Å². The van der Waals surface area contributed by atoms with E-state index in [1.807, 2.05) is 4.90 Å². The van der Waals surface area contributed by atoms with E-state index in [1.54, 1.807) is 19.2 Å². The van der Waals surface area contributed by atoms with Gasteiger partial charge < -0.3 is 14.5 Å². The number of aryl methyl sites for hydroxylation is 1. The van der Waals surface area contributed by atoms with Crippen molar-refractivity contribution in [1.82, 2.24) is 19.6 Å². The van der Waals surface area contributed by atoms with E-state index in [9.17, 15) is 9.59 Å². The molecule has 1 saturated carbocycles. The maximum absolute atomic E-state index is 12.5. The first kappa shape index (κ1) is 19.2. The lowest BCUT2D eigenvalue weighted by molar-refractivity contribution is 0.0142. The van der Waals surface area contributed by atoms with Gasteiger partial charge in [0.15, 0.2) is 0 Å². The molecular weight excluding hydrogens is 358 g/mol. The molecule has 0 bridgehead atoms. The first-order chi connectivity index (χ1) is 13.5. The van der Waals surface area contributed by atoms with Crippen LogP contribution in [0.1, 0.15) is 32.6 Å². The van der Waals surface area contributed by atoms with E-state index in [4.69, 9.17) is 4.74 Å². The van der Waals surface area contributed by atoms with Crippen molar-refractivity contribution in [3.05, 3.63) is 22.5 Å². The fraction of sp³-hybridized carbons (Fsp3) is 0.750. The maximum atomic E-state index is 12.5. The zero-order chi connectivity index (χ0) is 19.7. The fourth-order valence-electron chi connectivity index (χ4n) is 4.51. The summed E-state index contributed by atoms with van der Waals surface area (Å²) < 4.78 is 7.13. The second-order valence-corrected chi connectivity index (χ2v) is 8.48. The average Bonchev–Trinajstić information content (AvgIpc) is 2.68. The molecule has 3 aliphatic rings. The van der Waals surface area contributed by atoms with E-state index in [0.717, 1.165) is 69.9 Å². The van der Waals surface area contributed by atoms with Gasteiger partial charge in [-0.2, -0.15) is 5.10 Å². The van der Waals surface area contributed by atoms with Crippen LogP contribution in [0.3, 0.4) is 0 Å². The lowest BCUT2D eigenvalue weighted by Crippen LogP contribution is -2.55. The first-order valence-corrected chi connectivity index (χ1v) is 10.5. The normalized spacial score (nSPS) is 26.8. The zero-order valence-electron chi connectivity index (χ0n) is 16.9. The molecule has 3 heterocycles. The Bertz CT molecular complexity index is 744. The van der Waals surface area contributed by atoms with Crippen molar-refractivity contribution in [1.29, 1.82) is 0 Å². The summed E-state index contributed by atoms with van der Waals surface area (Å²) in [6, 6.07) is 4.03. The topological polar surface area (TPSA) is 70.9 Å². The number of nitrogens with zero attached hydrogens (tertiary/aromatic N) is 5. The van der Waals surface area contributed by atoms with E-state index < -0.39 is 0 Å². The number of amides is 1. The third-order valence-corrected chi connectivity index (χ3v) is 6.42. The van der Waals surface area contributed by atoms with E-state index in [2.05, 4.69) is 21.8 Å². The highest BCUT2D eigenvalue weighted by atomic mass is 16.6. The Balaban J connectivity index is 1.21. The van der Waals surface area contributed by atoms with Gasteiger partial charge in [0, 0.05) is 71.3 Å². The molecule has 3 fully saturated rings. The van der Waals surface area contributed by atoms with Crippen LogP contribution in [0.5, 0.6) is 0 Å². The van der Waals surface area contributed by atoms with Crippen LogP contribution in [-0.4, -0.2) is 77.1 Å². The van der Waals surface area contributed by atoms with Gasteiger partial charge in [-0.1, -0.05) is 6.92 Å². The number of ether oxygens (including phenoxy) is 1. The van der Waals surface area contributed by atoms with Crippen LogP contribution in [0.4, 0.5) is 10.6 Å². The van der Waals surface area contributed by atoms with Gasteiger partial charge in [-0.3, -0.25) is 9.69 Å². The van der Waals surface area contributed by atoms with Crippen molar-refractivity contribution in [3.8, 4) is 0 Å². The summed E-state index contributed by atoms with van der Waals surface area (Å²) in [5, 5.41) is 4.30. The molecule has 0 radical (unpaired) electrons. The fourth-order valence-corrected chi connectivity index (χ4v) is 4.51. The van der Waals surface area contributed by atoms with Crippen LogP contribution in [0.25, 0.3) is 0 Å². The van der Waals surface area contributed by atoms with E-state index in [0.29, 0.717) is 0 Å². The van der Waals surface area contributed by atoms with Crippen LogP contribution >= 0.6 is 0 Å². The minimum absolute atomic E-state index is 0.0400. The molecule has 0 N–H and O–H groups in total. The van der Waals surface area contributed by atoms with Crippen LogP contribution in [0, 0.1) is 5.92 Å². The summed E-state index contributed by atoms with van der Waals surface area (Å²) in [5.41, 5.74) is -0.112. The zero-order valence-corrected chi connectivity index (χ0v) is 16.9. The highest BCUT2D eigenvalue weighted by Gasteiger charge is 2.34. The van der Waals surface area contributed by atoms with Crippen LogP contribution in [0.15, 0.2) is 16.9 Å². The average molecular weight is 390 g/mol. The molecule has 0 atom stereocenters. The lowest BCUT2D eigenvalue weighted by Gasteiger charge is -2.45. The molecule has 1 aromatic heterocycles. The molecule has 2 saturated heterocycles. The van der Waals surface area contributed by atoms with Gasteiger partial charge in [-0.05, 0) is 24.8 Å². The molecule has 0 unspecified atom stereocenters. The predicted octanol–water partition coefficient (Wildman–Crippen LogP) is 1.30. The third kappa shape index (κ3) is 4.16. The predicted molar refractivity (Wildman–Crippen MR) is 107 cm³/mol. The molecule has 1 aromatic rings. The number of rotatable bonds is 3. The lowest BCUT2D eigenvalue weighted by atomic mass is 9.80. The van der Waals surface area contributed by atoms with Crippen molar-refractivity contribution in [2.45, 2.75) is 44.8 Å². The largest absolute Gasteiger partial charge is 0.446 e. The molecule has 1 amide bonds. The number of aromatic nitrogens is 2. The van der Waals surface area contributed by atoms with E-state index in [-0.39, 0.29) is 17.8 Å². The number of piperazine rings is 1. The Kier molecular flexibility index (Phi) is 5.57. The number of carbonyl (C=O) groups excluding carboxylic acids is 1. The van der Waals surface area contributed by atoms with Gasteiger partial charge in [0.1, 0.15) is 11.9 Å². The Morgan fingerprint density at radius 3 is 2.36 bits per heavy atom. The van der Waals surface area contributed by atoms with Crippen molar-refractivity contribution in [2.24, 2.45) is 13.0 Å². The smallest absolute Gasteiger partial charge is 0.410 e. The second kappa shape index (κ2) is 8.11. The minimum Gasteiger partial charge on any atom is -0.446 e. The van der Waals surface area contributed by atoms with Crippen LogP contribution in [-0.2, 0) is 11.8 Å². The van der Waals surface area contributed by atoms with Crippen LogP contribution < -0.4 is 10.5 Å². The molecule has 2 aliphatic heterocycles. The van der Waals surface area contributed by atoms with Gasteiger partial charge in [0.25, 0.3) is 5.56 Å². The Morgan fingerprint density at radius 1 is 1.07 bits per heavy atom. The van der Waals surface area contributed by atoms with Crippen molar-refractivity contribution in [3.63, 3.8) is 0 Å². The molecule has 0 aromatic carbocycles. The van der Waals surface area contributed by atoms with Gasteiger partial charge in [0.2, 0.25) is 0 Å². The maximum Gasteiger partial charge on any atom is 0.410 e. The highest BCUT2D eigenvalue weighted by Crippen LogP contribution is 2.31. The Morgan fingerprint density at radius 2 is 1.75 bits per heavy atom. The van der Waals surface area contributed by atoms with E-state index >= 15 is 0 Å². The third-order valence-electron chi connectivity index (χ3n) is 6.42. The van der Waals surface area contributed by atoms with Gasteiger partial charge in [-0.15, -0.1) is 0 Å². The summed E-state index contributed by atoms with van der Waals surface area (Å²) in [4.78, 5) is 30.6. The molecule has 4 rings (SSSR count). The molecular formula is C20H31N5O3. The van der Waals surface area contributed by atoms with Crippen LogP contribution in [0.2, 0.25) is 0 Å². The standard InChI is InChI=1S/C20H31N5O3/c1-15-13-16(14-15)23-9-11-25(12-10-23)20(27)28-17-5-7-24(8-6-17)18-3-4-19(26)22(2)21-18/h3-4,15-17H,5-14H2,1-2H3. The summed E-state index contributed by atoms with van der Waals surface area (Å²) in [5.74, 6) is 1.66. The number of hydrogen-bond acceptors (Lipinski definition) is 6. The summed E-state index contributed by atoms with van der Waals surface area (Å²) in [7, 11) is 1.66. The molecule has 8 nitrogen and oxygen atoms in total.